The number of halogens is 1. The third-order valence-electron chi connectivity index (χ3n) is 4.91. The van der Waals surface area contributed by atoms with E-state index in [1.54, 1.807) is 0 Å². The van der Waals surface area contributed by atoms with Crippen LogP contribution in [0.5, 0.6) is 0 Å². The van der Waals surface area contributed by atoms with Gasteiger partial charge in [-0.15, -0.1) is 0 Å². The molecule has 1 amide bonds. The number of hydrogen-bond acceptors (Lipinski definition) is 3. The van der Waals surface area contributed by atoms with E-state index < -0.39 is 0 Å². The summed E-state index contributed by atoms with van der Waals surface area (Å²) in [7, 11) is 0. The zero-order valence-corrected chi connectivity index (χ0v) is 13.6. The molecule has 0 bridgehead atoms. The Morgan fingerprint density at radius 3 is 2.90 bits per heavy atom. The summed E-state index contributed by atoms with van der Waals surface area (Å²) < 4.78 is 6.72. The second-order valence-electron chi connectivity index (χ2n) is 6.33. The molecule has 2 aliphatic carbocycles. The van der Waals surface area contributed by atoms with Crippen LogP contribution in [-0.4, -0.2) is 46.3 Å². The Balaban J connectivity index is 1.58. The van der Waals surface area contributed by atoms with Crippen molar-refractivity contribution in [2.45, 2.75) is 56.6 Å². The topological polar surface area (TPSA) is 58.2 Å². The first-order valence-corrected chi connectivity index (χ1v) is 8.71. The van der Waals surface area contributed by atoms with E-state index in [9.17, 15) is 4.79 Å². The van der Waals surface area contributed by atoms with E-state index in [1.165, 1.54) is 25.7 Å². The van der Waals surface area contributed by atoms with Crippen molar-refractivity contribution < 1.29 is 9.53 Å². The smallest absolute Gasteiger partial charge is 0.275 e. The molecule has 3 aliphatic rings. The number of nitrogens with one attached hydrogen (secondary N) is 1. The first kappa shape index (κ1) is 13.8. The fourth-order valence-corrected chi connectivity index (χ4v) is 4.28. The van der Waals surface area contributed by atoms with Gasteiger partial charge >= 0.3 is 0 Å². The normalized spacial score (nSPS) is 29.3. The summed E-state index contributed by atoms with van der Waals surface area (Å²) in [4.78, 5) is 14.9. The van der Waals surface area contributed by atoms with Crippen LogP contribution in [0, 0.1) is 0 Å². The molecule has 1 saturated heterocycles. The van der Waals surface area contributed by atoms with Gasteiger partial charge in [0, 0.05) is 12.5 Å². The molecule has 0 spiro atoms. The second-order valence-corrected chi connectivity index (χ2v) is 7.13. The molecule has 2 heterocycles. The highest BCUT2D eigenvalue weighted by Gasteiger charge is 2.39. The van der Waals surface area contributed by atoms with Gasteiger partial charge in [-0.05, 0) is 41.6 Å². The van der Waals surface area contributed by atoms with E-state index in [0.717, 1.165) is 23.0 Å². The molecule has 2 atom stereocenters. The van der Waals surface area contributed by atoms with Crippen LogP contribution in [0.3, 0.4) is 0 Å². The predicted octanol–water partition coefficient (Wildman–Crippen LogP) is 2.83. The van der Waals surface area contributed by atoms with Gasteiger partial charge in [0.25, 0.3) is 5.91 Å². The summed E-state index contributed by atoms with van der Waals surface area (Å²) in [6.45, 7) is 1.32. The van der Waals surface area contributed by atoms with Gasteiger partial charge in [-0.3, -0.25) is 9.89 Å². The number of rotatable bonds is 2. The summed E-state index contributed by atoms with van der Waals surface area (Å²) in [5.41, 5.74) is 1.63. The lowest BCUT2D eigenvalue weighted by Crippen LogP contribution is -2.55. The molecule has 6 heteroatoms. The third kappa shape index (κ3) is 2.42. The summed E-state index contributed by atoms with van der Waals surface area (Å²) in [6.07, 6.45) is 7.12. The highest BCUT2D eigenvalue weighted by Crippen LogP contribution is 2.43. The van der Waals surface area contributed by atoms with Crippen molar-refractivity contribution in [3.05, 3.63) is 15.9 Å². The van der Waals surface area contributed by atoms with Crippen molar-refractivity contribution in [2.24, 2.45) is 0 Å². The van der Waals surface area contributed by atoms with Crippen molar-refractivity contribution in [3.63, 3.8) is 0 Å². The molecule has 0 radical (unpaired) electrons. The van der Waals surface area contributed by atoms with Crippen molar-refractivity contribution in [2.75, 3.05) is 13.2 Å². The number of ether oxygens (including phenoxy) is 1. The van der Waals surface area contributed by atoms with Crippen molar-refractivity contribution >= 4 is 21.8 Å². The number of aromatic amines is 1. The van der Waals surface area contributed by atoms with E-state index >= 15 is 0 Å². The molecule has 2 saturated carbocycles. The quantitative estimate of drug-likeness (QED) is 0.889. The second kappa shape index (κ2) is 5.39. The predicted molar refractivity (Wildman–Crippen MR) is 81.3 cm³/mol. The van der Waals surface area contributed by atoms with Crippen LogP contribution in [0.4, 0.5) is 0 Å². The van der Waals surface area contributed by atoms with E-state index in [2.05, 4.69) is 26.1 Å². The number of hydrogen-bond donors (Lipinski definition) is 1. The van der Waals surface area contributed by atoms with Crippen LogP contribution >= 0.6 is 15.9 Å². The van der Waals surface area contributed by atoms with E-state index in [-0.39, 0.29) is 18.1 Å². The minimum Gasteiger partial charge on any atom is -0.374 e. The molecule has 0 aromatic carbocycles. The zero-order valence-electron chi connectivity index (χ0n) is 12.0. The fourth-order valence-electron chi connectivity index (χ4n) is 3.61. The van der Waals surface area contributed by atoms with Crippen LogP contribution in [0.25, 0.3) is 0 Å². The van der Waals surface area contributed by atoms with Gasteiger partial charge < -0.3 is 9.64 Å². The summed E-state index contributed by atoms with van der Waals surface area (Å²) >= 11 is 3.57. The molecule has 4 rings (SSSR count). The molecule has 1 N–H and O–H groups in total. The largest absolute Gasteiger partial charge is 0.374 e. The first-order chi connectivity index (χ1) is 10.3. The minimum atomic E-state index is 0.0465. The van der Waals surface area contributed by atoms with Crippen LogP contribution in [0.1, 0.15) is 60.6 Å². The highest BCUT2D eigenvalue weighted by atomic mass is 79.9. The van der Waals surface area contributed by atoms with Gasteiger partial charge in [0.05, 0.1) is 28.9 Å². The number of H-pyrrole nitrogens is 1. The first-order valence-electron chi connectivity index (χ1n) is 7.92. The molecule has 3 fully saturated rings. The molecular weight excluding hydrogens is 334 g/mol. The average molecular weight is 354 g/mol. The van der Waals surface area contributed by atoms with Gasteiger partial charge in [-0.1, -0.05) is 12.8 Å². The zero-order chi connectivity index (χ0) is 14.4. The molecular formula is C15H20BrN3O2. The monoisotopic (exact) mass is 353 g/mol. The Labute approximate surface area is 132 Å². The van der Waals surface area contributed by atoms with Crippen molar-refractivity contribution in [1.82, 2.24) is 15.1 Å². The van der Waals surface area contributed by atoms with Crippen LogP contribution in [0.15, 0.2) is 4.47 Å². The maximum atomic E-state index is 12.9. The van der Waals surface area contributed by atoms with Gasteiger partial charge in [0.2, 0.25) is 0 Å². The lowest BCUT2D eigenvalue weighted by molar-refractivity contribution is -0.0754. The maximum absolute atomic E-state index is 12.9. The number of amides is 1. The minimum absolute atomic E-state index is 0.0465. The van der Waals surface area contributed by atoms with Gasteiger partial charge in [0.1, 0.15) is 0 Å². The highest BCUT2D eigenvalue weighted by molar-refractivity contribution is 9.10. The van der Waals surface area contributed by atoms with Crippen LogP contribution in [-0.2, 0) is 4.74 Å². The summed E-state index contributed by atoms with van der Waals surface area (Å²) in [5, 5.41) is 7.34. The van der Waals surface area contributed by atoms with Crippen molar-refractivity contribution in [1.29, 1.82) is 0 Å². The van der Waals surface area contributed by atoms with Crippen LogP contribution < -0.4 is 0 Å². The molecule has 21 heavy (non-hydrogen) atoms. The summed E-state index contributed by atoms with van der Waals surface area (Å²) in [5.74, 6) is 0.603. The Kier molecular flexibility index (Phi) is 3.53. The van der Waals surface area contributed by atoms with E-state index in [0.29, 0.717) is 24.8 Å². The Bertz CT molecular complexity index is 553. The van der Waals surface area contributed by atoms with Crippen molar-refractivity contribution in [3.8, 4) is 0 Å². The lowest BCUT2D eigenvalue weighted by atomic mass is 9.90. The van der Waals surface area contributed by atoms with Gasteiger partial charge in [-0.25, -0.2) is 0 Å². The number of fused-ring (bicyclic) bond motifs is 1. The number of carbonyl (C=O) groups excluding carboxylic acids is 1. The molecule has 1 aromatic heterocycles. The molecule has 114 valence electrons. The Hall–Kier alpha value is -0.880. The number of nitrogens with zero attached hydrogens (tertiary/aromatic N) is 2. The molecule has 5 nitrogen and oxygen atoms in total. The van der Waals surface area contributed by atoms with E-state index in [4.69, 9.17) is 4.74 Å². The molecule has 1 aromatic rings. The standard InChI is InChI=1S/C15H20BrN3O2/c16-12-13(9-5-6-9)17-18-14(12)15(20)19-7-8-21-11-4-2-1-3-10(11)19/h9-11H,1-8H2,(H,17,18). The fraction of sp³-hybridized carbons (Fsp3) is 0.733. The van der Waals surface area contributed by atoms with Crippen LogP contribution in [0.2, 0.25) is 0 Å². The average Bonchev–Trinajstić information content (AvgIpc) is 3.29. The Morgan fingerprint density at radius 1 is 1.29 bits per heavy atom. The summed E-state index contributed by atoms with van der Waals surface area (Å²) in [6, 6.07) is 0.230. The number of aromatic nitrogens is 2. The third-order valence-corrected chi connectivity index (χ3v) is 5.72. The number of carbonyl (C=O) groups is 1. The molecule has 2 unspecified atom stereocenters. The molecule has 1 aliphatic heterocycles. The van der Waals surface area contributed by atoms with E-state index in [1.807, 2.05) is 4.90 Å². The SMILES string of the molecule is O=C(c1n[nH]c(C2CC2)c1Br)N1CCOC2CCCCC21. The van der Waals surface area contributed by atoms with Gasteiger partial charge in [0.15, 0.2) is 5.69 Å². The maximum Gasteiger partial charge on any atom is 0.275 e. The van der Waals surface area contributed by atoms with Gasteiger partial charge in [-0.2, -0.15) is 5.10 Å². The number of morpholine rings is 1. The lowest BCUT2D eigenvalue weighted by Gasteiger charge is -2.43. The Morgan fingerprint density at radius 2 is 2.10 bits per heavy atom.